The number of rotatable bonds is 2. The molecule has 1 aliphatic rings. The zero-order chi connectivity index (χ0) is 17.1. The lowest BCUT2D eigenvalue weighted by Gasteiger charge is -2.23. The van der Waals surface area contributed by atoms with E-state index < -0.39 is 4.92 Å². The fourth-order valence-electron chi connectivity index (χ4n) is 2.78. The predicted octanol–water partition coefficient (Wildman–Crippen LogP) is 3.68. The smallest absolute Gasteiger partial charge is 0.326 e. The third-order valence-electron chi connectivity index (χ3n) is 4.01. The quantitative estimate of drug-likeness (QED) is 0.499. The van der Waals surface area contributed by atoms with E-state index in [0.717, 1.165) is 24.8 Å². The molecule has 0 aliphatic carbocycles. The van der Waals surface area contributed by atoms with Crippen LogP contribution in [0, 0.1) is 10.1 Å². The molecular weight excluding hydrogens is 310 g/mol. The Morgan fingerprint density at radius 1 is 1.17 bits per heavy atom. The highest BCUT2D eigenvalue weighted by atomic mass is 16.6. The van der Waals surface area contributed by atoms with Crippen molar-refractivity contribution in [2.24, 2.45) is 0 Å². The van der Waals surface area contributed by atoms with Crippen LogP contribution in [0.1, 0.15) is 18.4 Å². The summed E-state index contributed by atoms with van der Waals surface area (Å²) in [5.41, 5.74) is 2.03. The van der Waals surface area contributed by atoms with Gasteiger partial charge < -0.3 is 10.4 Å². The van der Waals surface area contributed by atoms with Crippen LogP contribution in [0.5, 0.6) is 5.75 Å². The summed E-state index contributed by atoms with van der Waals surface area (Å²) >= 11 is 0. The van der Waals surface area contributed by atoms with E-state index in [2.05, 4.69) is 5.32 Å². The van der Waals surface area contributed by atoms with Gasteiger partial charge in [0.05, 0.1) is 10.6 Å². The van der Waals surface area contributed by atoms with E-state index in [9.17, 15) is 20.0 Å². The second-order valence-corrected chi connectivity index (χ2v) is 5.66. The third-order valence-corrected chi connectivity index (χ3v) is 4.01. The van der Waals surface area contributed by atoms with Crippen LogP contribution in [0.25, 0.3) is 0 Å². The minimum atomic E-state index is -0.457. The summed E-state index contributed by atoms with van der Waals surface area (Å²) in [6.45, 7) is 0.498. The number of hydrogen-bond donors (Lipinski definition) is 2. The highest BCUT2D eigenvalue weighted by molar-refractivity contribution is 6.02. The van der Waals surface area contributed by atoms with Gasteiger partial charge in [-0.25, -0.2) is 4.79 Å². The average Bonchev–Trinajstić information content (AvgIpc) is 2.78. The number of nitro benzene ring substituents is 1. The number of aryl methyl sites for hydroxylation is 1. The molecule has 3 rings (SSSR count). The van der Waals surface area contributed by atoms with Gasteiger partial charge in [0.25, 0.3) is 5.69 Å². The van der Waals surface area contributed by atoms with Crippen LogP contribution < -0.4 is 10.2 Å². The Morgan fingerprint density at radius 2 is 1.92 bits per heavy atom. The third kappa shape index (κ3) is 3.29. The van der Waals surface area contributed by atoms with E-state index in [-0.39, 0.29) is 17.5 Å². The van der Waals surface area contributed by atoms with E-state index in [4.69, 9.17) is 0 Å². The van der Waals surface area contributed by atoms with Gasteiger partial charge in [-0.05, 0) is 49.1 Å². The van der Waals surface area contributed by atoms with Crippen molar-refractivity contribution in [3.63, 3.8) is 0 Å². The van der Waals surface area contributed by atoms with Gasteiger partial charge >= 0.3 is 6.03 Å². The standard InChI is InChI=1S/C17H17N3O4/c21-15-8-5-13(6-9-15)18-17(22)19-10-2-1-3-12-4-7-14(20(23)24)11-16(12)19/h4-9,11,21H,1-3,10H2,(H,18,22). The first kappa shape index (κ1) is 15.8. The number of nitrogens with one attached hydrogen (secondary N) is 1. The Morgan fingerprint density at radius 3 is 2.62 bits per heavy atom. The molecule has 124 valence electrons. The number of benzene rings is 2. The van der Waals surface area contributed by atoms with Crippen LogP contribution >= 0.6 is 0 Å². The maximum absolute atomic E-state index is 12.6. The van der Waals surface area contributed by atoms with Crippen molar-refractivity contribution in [3.05, 3.63) is 58.1 Å². The van der Waals surface area contributed by atoms with Crippen LogP contribution in [0.15, 0.2) is 42.5 Å². The van der Waals surface area contributed by atoms with Gasteiger partial charge in [-0.1, -0.05) is 6.07 Å². The zero-order valence-electron chi connectivity index (χ0n) is 12.9. The predicted molar refractivity (Wildman–Crippen MR) is 90.5 cm³/mol. The molecule has 2 aromatic carbocycles. The highest BCUT2D eigenvalue weighted by Gasteiger charge is 2.23. The first-order valence-electron chi connectivity index (χ1n) is 7.69. The number of amides is 2. The van der Waals surface area contributed by atoms with Crippen molar-refractivity contribution in [1.82, 2.24) is 0 Å². The van der Waals surface area contributed by atoms with Crippen LogP contribution in [-0.4, -0.2) is 22.6 Å². The maximum atomic E-state index is 12.6. The molecule has 0 bridgehead atoms. The molecule has 1 aliphatic heterocycles. The largest absolute Gasteiger partial charge is 0.508 e. The second kappa shape index (κ2) is 6.57. The Bertz CT molecular complexity index is 774. The lowest BCUT2D eigenvalue weighted by molar-refractivity contribution is -0.384. The fraction of sp³-hybridized carbons (Fsp3) is 0.235. The number of phenols is 1. The van der Waals surface area contributed by atoms with E-state index in [1.54, 1.807) is 23.1 Å². The van der Waals surface area contributed by atoms with Crippen LogP contribution in [0.4, 0.5) is 21.9 Å². The number of anilines is 2. The van der Waals surface area contributed by atoms with Gasteiger partial charge in [0.15, 0.2) is 0 Å². The Kier molecular flexibility index (Phi) is 4.33. The first-order chi connectivity index (χ1) is 11.5. The van der Waals surface area contributed by atoms with Gasteiger partial charge in [-0.15, -0.1) is 0 Å². The molecule has 1 heterocycles. The summed E-state index contributed by atoms with van der Waals surface area (Å²) in [7, 11) is 0. The summed E-state index contributed by atoms with van der Waals surface area (Å²) in [5.74, 6) is 0.115. The normalized spacial score (nSPS) is 13.8. The molecule has 0 aromatic heterocycles. The molecule has 2 N–H and O–H groups in total. The monoisotopic (exact) mass is 327 g/mol. The molecule has 0 atom stereocenters. The molecule has 0 unspecified atom stereocenters. The second-order valence-electron chi connectivity index (χ2n) is 5.66. The van der Waals surface area contributed by atoms with Gasteiger partial charge in [0.2, 0.25) is 0 Å². The number of non-ortho nitro benzene ring substituents is 1. The SMILES string of the molecule is O=C(Nc1ccc(O)cc1)N1CCCCc2ccc([N+](=O)[O-])cc21. The molecule has 0 spiro atoms. The molecule has 0 saturated carbocycles. The first-order valence-corrected chi connectivity index (χ1v) is 7.69. The van der Waals surface area contributed by atoms with E-state index >= 15 is 0 Å². The minimum absolute atomic E-state index is 0.0296. The van der Waals surface area contributed by atoms with Crippen molar-refractivity contribution in [2.45, 2.75) is 19.3 Å². The molecule has 0 radical (unpaired) electrons. The number of phenolic OH excluding ortho intramolecular Hbond substituents is 1. The van der Waals surface area contributed by atoms with Gasteiger partial charge in [0.1, 0.15) is 5.75 Å². The number of aromatic hydroxyl groups is 1. The summed E-state index contributed by atoms with van der Waals surface area (Å²) < 4.78 is 0. The Balaban J connectivity index is 1.89. The van der Waals surface area contributed by atoms with Crippen LogP contribution in [0.2, 0.25) is 0 Å². The lowest BCUT2D eigenvalue weighted by Crippen LogP contribution is -2.35. The summed E-state index contributed by atoms with van der Waals surface area (Å²) in [5, 5.41) is 23.1. The number of hydrogen-bond acceptors (Lipinski definition) is 4. The molecular formula is C17H17N3O4. The number of fused-ring (bicyclic) bond motifs is 1. The average molecular weight is 327 g/mol. The fourth-order valence-corrected chi connectivity index (χ4v) is 2.78. The van der Waals surface area contributed by atoms with Gasteiger partial charge in [0, 0.05) is 24.4 Å². The number of carbonyl (C=O) groups is 1. The van der Waals surface area contributed by atoms with Gasteiger partial charge in [-0.3, -0.25) is 15.0 Å². The van der Waals surface area contributed by atoms with Crippen molar-refractivity contribution < 1.29 is 14.8 Å². The molecule has 2 amide bonds. The minimum Gasteiger partial charge on any atom is -0.508 e. The highest BCUT2D eigenvalue weighted by Crippen LogP contribution is 2.31. The summed E-state index contributed by atoms with van der Waals surface area (Å²) in [6, 6.07) is 10.5. The number of carbonyl (C=O) groups excluding carboxylic acids is 1. The van der Waals surface area contributed by atoms with Crippen molar-refractivity contribution >= 4 is 23.1 Å². The van der Waals surface area contributed by atoms with Crippen LogP contribution in [-0.2, 0) is 6.42 Å². The van der Waals surface area contributed by atoms with Crippen molar-refractivity contribution in [1.29, 1.82) is 0 Å². The molecule has 0 fully saturated rings. The molecule has 7 heteroatoms. The van der Waals surface area contributed by atoms with Crippen molar-refractivity contribution in [3.8, 4) is 5.75 Å². The zero-order valence-corrected chi connectivity index (χ0v) is 12.9. The number of nitro groups is 1. The van der Waals surface area contributed by atoms with Gasteiger partial charge in [-0.2, -0.15) is 0 Å². The number of urea groups is 1. The summed E-state index contributed by atoms with van der Waals surface area (Å²) in [4.78, 5) is 24.8. The molecule has 24 heavy (non-hydrogen) atoms. The van der Waals surface area contributed by atoms with Crippen molar-refractivity contribution in [2.75, 3.05) is 16.8 Å². The summed E-state index contributed by atoms with van der Waals surface area (Å²) in [6.07, 6.45) is 2.54. The maximum Gasteiger partial charge on any atom is 0.326 e. The Hall–Kier alpha value is -3.09. The molecule has 2 aromatic rings. The van der Waals surface area contributed by atoms with E-state index in [0.29, 0.717) is 17.9 Å². The number of nitrogens with zero attached hydrogens (tertiary/aromatic N) is 2. The van der Waals surface area contributed by atoms with Crippen LogP contribution in [0.3, 0.4) is 0 Å². The molecule has 7 nitrogen and oxygen atoms in total. The molecule has 0 saturated heterocycles. The van der Waals surface area contributed by atoms with E-state index in [1.807, 2.05) is 0 Å². The Labute approximate surface area is 138 Å². The topological polar surface area (TPSA) is 95.7 Å². The lowest BCUT2D eigenvalue weighted by atomic mass is 10.1. The van der Waals surface area contributed by atoms with E-state index in [1.165, 1.54) is 24.3 Å².